The van der Waals surface area contributed by atoms with Crippen LogP contribution in [0, 0.1) is 0 Å². The SMILES string of the molecule is O=C1CCC(N2Cc3c(SCCCCCCCN(c4ccccc4)c4ccccc4)cccc3C2=O)C(=O)N1. The Hall–Kier alpha value is -3.58. The summed E-state index contributed by atoms with van der Waals surface area (Å²) in [5.41, 5.74) is 4.15. The number of para-hydroxylation sites is 2. The molecule has 1 N–H and O–H groups in total. The number of hydrogen-bond donors (Lipinski definition) is 1. The van der Waals surface area contributed by atoms with Crippen molar-refractivity contribution in [3.8, 4) is 0 Å². The molecule has 6 nitrogen and oxygen atoms in total. The summed E-state index contributed by atoms with van der Waals surface area (Å²) in [6.45, 7) is 1.43. The molecular weight excluding hydrogens is 506 g/mol. The van der Waals surface area contributed by atoms with Crippen molar-refractivity contribution >= 4 is 40.9 Å². The number of rotatable bonds is 12. The summed E-state index contributed by atoms with van der Waals surface area (Å²) in [5.74, 6) is 0.268. The first-order valence-corrected chi connectivity index (χ1v) is 14.9. The van der Waals surface area contributed by atoms with Crippen LogP contribution in [0.15, 0.2) is 83.8 Å². The van der Waals surface area contributed by atoms with Crippen molar-refractivity contribution in [1.82, 2.24) is 10.2 Å². The average Bonchev–Trinajstić information content (AvgIpc) is 3.30. The summed E-state index contributed by atoms with van der Waals surface area (Å²) >= 11 is 1.80. The molecule has 1 fully saturated rings. The van der Waals surface area contributed by atoms with Gasteiger partial charge >= 0.3 is 0 Å². The van der Waals surface area contributed by atoms with Crippen LogP contribution in [-0.2, 0) is 16.1 Å². The van der Waals surface area contributed by atoms with Crippen LogP contribution in [0.3, 0.4) is 0 Å². The highest BCUT2D eigenvalue weighted by atomic mass is 32.2. The highest BCUT2D eigenvalue weighted by molar-refractivity contribution is 7.99. The topological polar surface area (TPSA) is 69.7 Å². The lowest BCUT2D eigenvalue weighted by Gasteiger charge is -2.29. The van der Waals surface area contributed by atoms with Crippen molar-refractivity contribution < 1.29 is 14.4 Å². The van der Waals surface area contributed by atoms with Gasteiger partial charge in [-0.15, -0.1) is 11.8 Å². The normalized spacial score (nSPS) is 16.8. The van der Waals surface area contributed by atoms with Gasteiger partial charge in [-0.1, -0.05) is 61.7 Å². The Morgan fingerprint density at radius 2 is 1.46 bits per heavy atom. The van der Waals surface area contributed by atoms with Crippen LogP contribution in [0.1, 0.15) is 60.9 Å². The van der Waals surface area contributed by atoms with Crippen molar-refractivity contribution in [1.29, 1.82) is 0 Å². The maximum atomic E-state index is 13.0. The van der Waals surface area contributed by atoms with Gasteiger partial charge in [0.2, 0.25) is 11.8 Å². The van der Waals surface area contributed by atoms with Crippen LogP contribution in [0.25, 0.3) is 0 Å². The van der Waals surface area contributed by atoms with Crippen molar-refractivity contribution in [3.63, 3.8) is 0 Å². The van der Waals surface area contributed by atoms with Crippen LogP contribution in [0.2, 0.25) is 0 Å². The van der Waals surface area contributed by atoms with Crippen LogP contribution in [0.5, 0.6) is 0 Å². The fourth-order valence-electron chi connectivity index (χ4n) is 5.40. The number of carbonyl (C=O) groups excluding carboxylic acids is 3. The van der Waals surface area contributed by atoms with Gasteiger partial charge in [0.25, 0.3) is 5.91 Å². The lowest BCUT2D eigenvalue weighted by atomic mass is 10.0. The third kappa shape index (κ3) is 6.53. The summed E-state index contributed by atoms with van der Waals surface area (Å²) in [6, 6.07) is 26.4. The van der Waals surface area contributed by atoms with Gasteiger partial charge in [0.15, 0.2) is 0 Å². The quantitative estimate of drug-likeness (QED) is 0.165. The maximum Gasteiger partial charge on any atom is 0.255 e. The average molecular weight is 542 g/mol. The van der Waals surface area contributed by atoms with E-state index >= 15 is 0 Å². The van der Waals surface area contributed by atoms with Gasteiger partial charge in [0.05, 0.1) is 0 Å². The predicted molar refractivity (Wildman–Crippen MR) is 156 cm³/mol. The fraction of sp³-hybridized carbons (Fsp3) is 0.344. The first-order valence-electron chi connectivity index (χ1n) is 13.9. The monoisotopic (exact) mass is 541 g/mol. The van der Waals surface area contributed by atoms with Crippen molar-refractivity contribution in [2.24, 2.45) is 0 Å². The number of imide groups is 1. The number of hydrogen-bond acceptors (Lipinski definition) is 5. The smallest absolute Gasteiger partial charge is 0.255 e. The van der Waals surface area contributed by atoms with E-state index in [0.29, 0.717) is 18.5 Å². The van der Waals surface area contributed by atoms with Gasteiger partial charge in [-0.3, -0.25) is 19.7 Å². The van der Waals surface area contributed by atoms with Crippen LogP contribution < -0.4 is 10.2 Å². The van der Waals surface area contributed by atoms with Crippen molar-refractivity contribution in [3.05, 3.63) is 90.0 Å². The van der Waals surface area contributed by atoms with Crippen LogP contribution >= 0.6 is 11.8 Å². The van der Waals surface area contributed by atoms with E-state index < -0.39 is 6.04 Å². The van der Waals surface area contributed by atoms with Crippen molar-refractivity contribution in [2.45, 2.75) is 62.4 Å². The molecule has 5 rings (SSSR count). The van der Waals surface area contributed by atoms with Crippen LogP contribution in [-0.4, -0.2) is 41.0 Å². The molecule has 0 bridgehead atoms. The van der Waals surface area contributed by atoms with E-state index in [1.165, 1.54) is 30.6 Å². The molecule has 2 aliphatic heterocycles. The molecule has 1 saturated heterocycles. The molecule has 7 heteroatoms. The standard InChI is InChI=1S/C32H35N3O3S/c36-30-20-19-28(31(37)33-30)35-23-27-26(32(35)38)17-12-18-29(27)39-22-11-3-1-2-10-21-34(24-13-6-4-7-14-24)25-15-8-5-9-16-25/h4-9,12-18,28H,1-3,10-11,19-23H2,(H,33,36,37). The summed E-state index contributed by atoms with van der Waals surface area (Å²) in [7, 11) is 0. The number of carbonyl (C=O) groups is 3. The second kappa shape index (κ2) is 13.0. The molecule has 0 saturated carbocycles. The third-order valence-electron chi connectivity index (χ3n) is 7.46. The lowest BCUT2D eigenvalue weighted by molar-refractivity contribution is -0.136. The highest BCUT2D eigenvalue weighted by Crippen LogP contribution is 2.35. The van der Waals surface area contributed by atoms with E-state index in [4.69, 9.17) is 0 Å². The molecule has 0 spiro atoms. The number of anilines is 2. The number of thioether (sulfide) groups is 1. The van der Waals surface area contributed by atoms with E-state index in [0.717, 1.165) is 35.6 Å². The zero-order chi connectivity index (χ0) is 27.0. The van der Waals surface area contributed by atoms with Gasteiger partial charge in [-0.05, 0) is 67.0 Å². The van der Waals surface area contributed by atoms with E-state index in [9.17, 15) is 14.4 Å². The molecule has 3 aromatic carbocycles. The molecule has 0 aliphatic carbocycles. The Balaban J connectivity index is 1.06. The number of nitrogens with one attached hydrogen (secondary N) is 1. The molecule has 0 radical (unpaired) electrons. The molecule has 3 aromatic rings. The summed E-state index contributed by atoms with van der Waals surface area (Å²) in [6.07, 6.45) is 6.50. The highest BCUT2D eigenvalue weighted by Gasteiger charge is 2.39. The Morgan fingerprint density at radius 1 is 0.795 bits per heavy atom. The van der Waals surface area contributed by atoms with Gasteiger partial charge < -0.3 is 9.80 Å². The van der Waals surface area contributed by atoms with Gasteiger partial charge in [0, 0.05) is 41.3 Å². The van der Waals surface area contributed by atoms with Gasteiger partial charge in [0.1, 0.15) is 6.04 Å². The zero-order valence-corrected chi connectivity index (χ0v) is 23.0. The van der Waals surface area contributed by atoms with E-state index in [2.05, 4.69) is 76.9 Å². The Morgan fingerprint density at radius 3 is 2.15 bits per heavy atom. The van der Waals surface area contributed by atoms with E-state index in [1.807, 2.05) is 12.1 Å². The molecule has 0 aromatic heterocycles. The van der Waals surface area contributed by atoms with Gasteiger partial charge in [-0.2, -0.15) is 0 Å². The lowest BCUT2D eigenvalue weighted by Crippen LogP contribution is -2.52. The minimum atomic E-state index is -0.569. The third-order valence-corrected chi connectivity index (χ3v) is 8.64. The number of unbranched alkanes of at least 4 members (excludes halogenated alkanes) is 4. The molecule has 1 unspecified atom stereocenters. The summed E-state index contributed by atoms with van der Waals surface area (Å²) in [5, 5.41) is 2.37. The Labute approximate surface area is 234 Å². The van der Waals surface area contributed by atoms with Gasteiger partial charge in [-0.25, -0.2) is 0 Å². The number of benzene rings is 3. The molecule has 202 valence electrons. The number of piperidine rings is 1. The second-order valence-electron chi connectivity index (χ2n) is 10.1. The zero-order valence-electron chi connectivity index (χ0n) is 22.2. The Kier molecular flexibility index (Phi) is 8.99. The van der Waals surface area contributed by atoms with E-state index in [1.54, 1.807) is 16.7 Å². The first kappa shape index (κ1) is 27.0. The molecule has 2 heterocycles. The second-order valence-corrected chi connectivity index (χ2v) is 11.3. The molecule has 3 amide bonds. The molecular formula is C32H35N3O3S. The summed E-state index contributed by atoms with van der Waals surface area (Å²) in [4.78, 5) is 42.0. The molecule has 1 atom stereocenters. The minimum Gasteiger partial charge on any atom is -0.341 e. The maximum absolute atomic E-state index is 13.0. The number of fused-ring (bicyclic) bond motifs is 1. The largest absolute Gasteiger partial charge is 0.341 e. The van der Waals surface area contributed by atoms with E-state index in [-0.39, 0.29) is 24.1 Å². The first-order chi connectivity index (χ1) is 19.1. The molecule has 39 heavy (non-hydrogen) atoms. The number of amides is 3. The number of nitrogens with zero attached hydrogens (tertiary/aromatic N) is 2. The van der Waals surface area contributed by atoms with Crippen molar-refractivity contribution in [2.75, 3.05) is 17.2 Å². The fourth-order valence-corrected chi connectivity index (χ4v) is 6.49. The molecule has 2 aliphatic rings. The Bertz CT molecular complexity index is 1260. The minimum absolute atomic E-state index is 0.109. The summed E-state index contributed by atoms with van der Waals surface area (Å²) < 4.78 is 0. The van der Waals surface area contributed by atoms with Crippen LogP contribution in [0.4, 0.5) is 11.4 Å². The predicted octanol–water partition coefficient (Wildman–Crippen LogP) is 6.33.